The smallest absolute Gasteiger partial charge is 0.281 e. The Morgan fingerprint density at radius 3 is 2.33 bits per heavy atom. The van der Waals surface area contributed by atoms with Gasteiger partial charge in [0.2, 0.25) is 0 Å². The largest absolute Gasteiger partial charge is 0.497 e. The number of rotatable bonds is 7. The Balaban J connectivity index is 1.28. The average molecular weight is 533 g/mol. The number of amides is 1. The van der Waals surface area contributed by atoms with E-state index in [0.717, 1.165) is 49.9 Å². The van der Waals surface area contributed by atoms with Crippen LogP contribution in [0.3, 0.4) is 0 Å². The van der Waals surface area contributed by atoms with Gasteiger partial charge < -0.3 is 4.74 Å². The second-order valence-corrected chi connectivity index (χ2v) is 9.83. The van der Waals surface area contributed by atoms with Crippen molar-refractivity contribution in [1.29, 1.82) is 0 Å². The van der Waals surface area contributed by atoms with Crippen LogP contribution in [0.1, 0.15) is 20.9 Å². The molecule has 39 heavy (non-hydrogen) atoms. The molecule has 6 aromatic rings. The first-order chi connectivity index (χ1) is 19.1. The number of hydrogen-bond donors (Lipinski definition) is 1. The normalized spacial score (nSPS) is 11.3. The molecule has 6 rings (SSSR count). The van der Waals surface area contributed by atoms with Gasteiger partial charge >= 0.3 is 0 Å². The SMILES string of the molecule is COc1ccc(-c2nn(-c3ccccc3)cc2/C=N/NC(=O)c2cc3c(C)nn(-c4ccccc4)c3s2)cc1. The Morgan fingerprint density at radius 1 is 0.949 bits per heavy atom. The molecule has 3 aromatic carbocycles. The molecule has 0 aliphatic heterocycles. The number of thiophene rings is 1. The Morgan fingerprint density at radius 2 is 1.64 bits per heavy atom. The molecule has 8 nitrogen and oxygen atoms in total. The van der Waals surface area contributed by atoms with Gasteiger partial charge in [0.05, 0.1) is 35.3 Å². The first kappa shape index (κ1) is 24.3. The van der Waals surface area contributed by atoms with Gasteiger partial charge in [-0.05, 0) is 61.5 Å². The number of methoxy groups -OCH3 is 1. The van der Waals surface area contributed by atoms with Gasteiger partial charge in [0, 0.05) is 22.7 Å². The lowest BCUT2D eigenvalue weighted by Gasteiger charge is -2.02. The molecule has 0 saturated carbocycles. The third-order valence-electron chi connectivity index (χ3n) is 6.27. The molecule has 0 radical (unpaired) electrons. The van der Waals surface area contributed by atoms with Crippen LogP contribution < -0.4 is 10.2 Å². The standard InChI is InChI=1S/C30H24N6O2S/c1-20-26-17-27(39-30(26)36(33-20)24-11-7-4-8-12-24)29(37)32-31-18-22-19-35(23-9-5-3-6-10-23)34-28(22)21-13-15-25(38-2)16-14-21/h3-19H,1-2H3,(H,32,37)/b31-18+. The second kappa shape index (κ2) is 10.4. The van der Waals surface area contributed by atoms with Gasteiger partial charge in [0.15, 0.2) is 0 Å². The van der Waals surface area contributed by atoms with E-state index in [0.29, 0.717) is 4.88 Å². The van der Waals surface area contributed by atoms with Crippen molar-refractivity contribution >= 4 is 33.7 Å². The van der Waals surface area contributed by atoms with Crippen LogP contribution in [0.15, 0.2) is 102 Å². The molecule has 0 unspecified atom stereocenters. The number of fused-ring (bicyclic) bond motifs is 1. The highest BCUT2D eigenvalue weighted by Crippen LogP contribution is 2.30. The van der Waals surface area contributed by atoms with Crippen molar-refractivity contribution in [3.8, 4) is 28.4 Å². The summed E-state index contributed by atoms with van der Waals surface area (Å²) in [4.78, 5) is 14.5. The Labute approximate surface area is 228 Å². The minimum absolute atomic E-state index is 0.284. The zero-order chi connectivity index (χ0) is 26.8. The maximum atomic E-state index is 13.0. The lowest BCUT2D eigenvalue weighted by Crippen LogP contribution is -2.16. The van der Waals surface area contributed by atoms with E-state index in [-0.39, 0.29) is 5.91 Å². The van der Waals surface area contributed by atoms with Crippen LogP contribution in [0.4, 0.5) is 0 Å². The van der Waals surface area contributed by atoms with E-state index < -0.39 is 0 Å². The number of para-hydroxylation sites is 2. The number of hydrogen-bond acceptors (Lipinski definition) is 6. The number of benzene rings is 3. The topological polar surface area (TPSA) is 86.3 Å². The van der Waals surface area contributed by atoms with Crippen molar-refractivity contribution in [2.75, 3.05) is 7.11 Å². The van der Waals surface area contributed by atoms with E-state index in [1.807, 2.05) is 109 Å². The van der Waals surface area contributed by atoms with E-state index in [9.17, 15) is 4.79 Å². The van der Waals surface area contributed by atoms with Crippen LogP contribution in [-0.4, -0.2) is 38.8 Å². The quantitative estimate of drug-likeness (QED) is 0.201. The molecular formula is C30H24N6O2S. The first-order valence-electron chi connectivity index (χ1n) is 12.3. The van der Waals surface area contributed by atoms with Gasteiger partial charge in [0.1, 0.15) is 16.3 Å². The summed E-state index contributed by atoms with van der Waals surface area (Å²) in [5.74, 6) is 0.477. The van der Waals surface area contributed by atoms with E-state index in [1.165, 1.54) is 11.3 Å². The lowest BCUT2D eigenvalue weighted by atomic mass is 10.1. The highest BCUT2D eigenvalue weighted by molar-refractivity contribution is 7.20. The maximum absolute atomic E-state index is 13.0. The van der Waals surface area contributed by atoms with Crippen LogP contribution in [0, 0.1) is 6.92 Å². The van der Waals surface area contributed by atoms with Crippen LogP contribution in [0.5, 0.6) is 5.75 Å². The van der Waals surface area contributed by atoms with E-state index in [2.05, 4.69) is 15.6 Å². The zero-order valence-corrected chi connectivity index (χ0v) is 22.1. The molecule has 0 atom stereocenters. The molecule has 0 fully saturated rings. The fraction of sp³-hybridized carbons (Fsp3) is 0.0667. The molecule has 0 aliphatic rings. The highest BCUT2D eigenvalue weighted by Gasteiger charge is 2.17. The van der Waals surface area contributed by atoms with E-state index in [4.69, 9.17) is 9.84 Å². The average Bonchev–Trinajstić information content (AvgIpc) is 3.69. The van der Waals surface area contributed by atoms with Gasteiger partial charge in [-0.15, -0.1) is 11.3 Å². The molecule has 9 heteroatoms. The number of nitrogens with zero attached hydrogens (tertiary/aromatic N) is 5. The Bertz CT molecular complexity index is 1780. The summed E-state index contributed by atoms with van der Waals surface area (Å²) in [6.45, 7) is 1.94. The molecule has 1 N–H and O–H groups in total. The van der Waals surface area contributed by atoms with Crippen molar-refractivity contribution in [1.82, 2.24) is 25.0 Å². The lowest BCUT2D eigenvalue weighted by molar-refractivity contribution is 0.0959. The van der Waals surface area contributed by atoms with E-state index in [1.54, 1.807) is 18.0 Å². The molecule has 0 bridgehead atoms. The summed E-state index contributed by atoms with van der Waals surface area (Å²) in [7, 11) is 1.63. The molecular weight excluding hydrogens is 508 g/mol. The summed E-state index contributed by atoms with van der Waals surface area (Å²) in [5, 5.41) is 14.7. The fourth-order valence-electron chi connectivity index (χ4n) is 4.29. The van der Waals surface area contributed by atoms with Crippen molar-refractivity contribution in [3.63, 3.8) is 0 Å². The predicted molar refractivity (Wildman–Crippen MR) is 154 cm³/mol. The zero-order valence-electron chi connectivity index (χ0n) is 21.3. The summed E-state index contributed by atoms with van der Waals surface area (Å²) in [5.41, 5.74) is 7.81. The number of nitrogens with one attached hydrogen (secondary N) is 1. The Hall–Kier alpha value is -5.02. The van der Waals surface area contributed by atoms with Crippen LogP contribution in [0.25, 0.3) is 32.8 Å². The van der Waals surface area contributed by atoms with Crippen LogP contribution in [-0.2, 0) is 0 Å². The monoisotopic (exact) mass is 532 g/mol. The molecule has 0 aliphatic carbocycles. The van der Waals surface area contributed by atoms with Crippen LogP contribution in [0.2, 0.25) is 0 Å². The van der Waals surface area contributed by atoms with Gasteiger partial charge in [0.25, 0.3) is 5.91 Å². The molecule has 0 spiro atoms. The summed E-state index contributed by atoms with van der Waals surface area (Å²) in [6, 6.07) is 29.3. The van der Waals surface area contributed by atoms with Crippen molar-refractivity contribution in [3.05, 3.63) is 113 Å². The third-order valence-corrected chi connectivity index (χ3v) is 7.38. The number of ether oxygens (including phenoxy) is 1. The maximum Gasteiger partial charge on any atom is 0.281 e. The number of aromatic nitrogens is 4. The minimum atomic E-state index is -0.284. The second-order valence-electron chi connectivity index (χ2n) is 8.80. The van der Waals surface area contributed by atoms with Gasteiger partial charge in [-0.1, -0.05) is 36.4 Å². The number of carbonyl (C=O) groups excluding carboxylic acids is 1. The summed E-state index contributed by atoms with van der Waals surface area (Å²) in [6.07, 6.45) is 3.51. The molecule has 3 heterocycles. The minimum Gasteiger partial charge on any atom is -0.497 e. The number of aryl methyl sites for hydroxylation is 1. The number of carbonyl (C=O) groups is 1. The predicted octanol–water partition coefficient (Wildman–Crippen LogP) is 6.02. The summed E-state index contributed by atoms with van der Waals surface area (Å²) < 4.78 is 8.96. The van der Waals surface area contributed by atoms with Gasteiger partial charge in [-0.2, -0.15) is 15.3 Å². The molecule has 3 aromatic heterocycles. The Kier molecular flexibility index (Phi) is 6.48. The molecule has 0 saturated heterocycles. The van der Waals surface area contributed by atoms with Crippen molar-refractivity contribution in [2.24, 2.45) is 5.10 Å². The van der Waals surface area contributed by atoms with Gasteiger partial charge in [-0.3, -0.25) is 4.79 Å². The summed E-state index contributed by atoms with van der Waals surface area (Å²) >= 11 is 1.39. The molecule has 192 valence electrons. The van der Waals surface area contributed by atoms with Crippen molar-refractivity contribution in [2.45, 2.75) is 6.92 Å². The van der Waals surface area contributed by atoms with Crippen molar-refractivity contribution < 1.29 is 9.53 Å². The first-order valence-corrected chi connectivity index (χ1v) is 13.1. The van der Waals surface area contributed by atoms with Crippen LogP contribution >= 0.6 is 11.3 Å². The highest BCUT2D eigenvalue weighted by atomic mass is 32.1. The van der Waals surface area contributed by atoms with E-state index >= 15 is 0 Å². The molecule has 1 amide bonds. The number of hydrazone groups is 1. The third kappa shape index (κ3) is 4.83. The fourth-order valence-corrected chi connectivity index (χ4v) is 5.36. The van der Waals surface area contributed by atoms with Gasteiger partial charge in [-0.25, -0.2) is 14.8 Å².